The van der Waals surface area contributed by atoms with Gasteiger partial charge < -0.3 is 4.90 Å². The van der Waals surface area contributed by atoms with Crippen molar-refractivity contribution in [1.29, 1.82) is 0 Å². The number of rotatable bonds is 4. The molecule has 2 aromatic rings. The highest BCUT2D eigenvalue weighted by Crippen LogP contribution is 2.18. The smallest absolute Gasteiger partial charge is 0.126 e. The van der Waals surface area contributed by atoms with Gasteiger partial charge in [0.25, 0.3) is 0 Å². The lowest BCUT2D eigenvalue weighted by Crippen LogP contribution is -2.44. The fourth-order valence-electron chi connectivity index (χ4n) is 2.74. The Kier molecular flexibility index (Phi) is 4.93. The van der Waals surface area contributed by atoms with Gasteiger partial charge in [0.1, 0.15) is 17.3 Å². The maximum Gasteiger partial charge on any atom is 0.126 e. The number of hydrogen-bond donors (Lipinski definition) is 1. The lowest BCUT2D eigenvalue weighted by atomic mass is 10.1. The second kappa shape index (κ2) is 6.94. The highest BCUT2D eigenvalue weighted by Gasteiger charge is 2.19. The van der Waals surface area contributed by atoms with Crippen LogP contribution in [0.2, 0.25) is 0 Å². The zero-order chi connectivity index (χ0) is 16.4. The van der Waals surface area contributed by atoms with Crippen molar-refractivity contribution in [2.75, 3.05) is 33.2 Å². The van der Waals surface area contributed by atoms with Gasteiger partial charge in [-0.1, -0.05) is 5.21 Å². The number of halogens is 2. The summed E-state index contributed by atoms with van der Waals surface area (Å²) < 4.78 is 28.1. The molecule has 0 amide bonds. The van der Waals surface area contributed by atoms with Crippen LogP contribution in [0.1, 0.15) is 17.0 Å². The van der Waals surface area contributed by atoms with E-state index in [1.807, 2.05) is 0 Å². The summed E-state index contributed by atoms with van der Waals surface area (Å²) in [7, 11) is 2.10. The standard InChI is InChI=1S/C15H19F2N5S/c1-20-2-4-21(5-3-20)10-14-15(22(23)19-18-14)8-11-6-12(16)9-13(17)7-11/h6-7,9,23H,2-5,8,10H2,1H3. The van der Waals surface area contributed by atoms with Gasteiger partial charge >= 0.3 is 0 Å². The summed E-state index contributed by atoms with van der Waals surface area (Å²) in [5.41, 5.74) is 2.10. The summed E-state index contributed by atoms with van der Waals surface area (Å²) >= 11 is 4.26. The molecule has 0 saturated carbocycles. The monoisotopic (exact) mass is 339 g/mol. The predicted octanol–water partition coefficient (Wildman–Crippen LogP) is 1.59. The van der Waals surface area contributed by atoms with Crippen LogP contribution in [-0.4, -0.2) is 57.4 Å². The third-order valence-corrected chi connectivity index (χ3v) is 4.41. The normalized spacial score (nSPS) is 16.9. The van der Waals surface area contributed by atoms with Crippen LogP contribution >= 0.6 is 12.8 Å². The van der Waals surface area contributed by atoms with Crippen molar-refractivity contribution in [1.82, 2.24) is 24.2 Å². The van der Waals surface area contributed by atoms with Crippen LogP contribution in [0.5, 0.6) is 0 Å². The van der Waals surface area contributed by atoms with Crippen molar-refractivity contribution in [2.24, 2.45) is 0 Å². The predicted molar refractivity (Wildman–Crippen MR) is 86.3 cm³/mol. The van der Waals surface area contributed by atoms with E-state index >= 15 is 0 Å². The minimum Gasteiger partial charge on any atom is -0.304 e. The van der Waals surface area contributed by atoms with E-state index in [0.29, 0.717) is 18.5 Å². The molecule has 0 N–H and O–H groups in total. The molecule has 23 heavy (non-hydrogen) atoms. The van der Waals surface area contributed by atoms with E-state index in [1.165, 1.54) is 16.2 Å². The maximum atomic E-state index is 13.4. The van der Waals surface area contributed by atoms with Gasteiger partial charge in [0.05, 0.1) is 5.69 Å². The first kappa shape index (κ1) is 16.4. The Morgan fingerprint density at radius 2 is 1.74 bits per heavy atom. The number of nitrogens with zero attached hydrogens (tertiary/aromatic N) is 5. The van der Waals surface area contributed by atoms with Gasteiger partial charge in [0, 0.05) is 45.2 Å². The first-order valence-corrected chi connectivity index (χ1v) is 7.90. The van der Waals surface area contributed by atoms with Crippen LogP contribution in [0.4, 0.5) is 8.78 Å². The molecule has 1 aliphatic heterocycles. The summed E-state index contributed by atoms with van der Waals surface area (Å²) in [5.74, 6) is -1.17. The molecular weight excluding hydrogens is 320 g/mol. The quantitative estimate of drug-likeness (QED) is 0.859. The molecule has 0 atom stereocenters. The average Bonchev–Trinajstić information content (AvgIpc) is 2.82. The Hall–Kier alpha value is -1.51. The topological polar surface area (TPSA) is 37.2 Å². The fourth-order valence-corrected chi connectivity index (χ4v) is 2.97. The van der Waals surface area contributed by atoms with E-state index in [2.05, 4.69) is 40.0 Å². The SMILES string of the molecule is CN1CCN(Cc2nnn(S)c2Cc2cc(F)cc(F)c2)CC1. The molecular formula is C15H19F2N5S. The van der Waals surface area contributed by atoms with E-state index in [4.69, 9.17) is 0 Å². The first-order chi connectivity index (χ1) is 11.0. The van der Waals surface area contributed by atoms with E-state index in [-0.39, 0.29) is 0 Å². The summed E-state index contributed by atoms with van der Waals surface area (Å²) in [6, 6.07) is 3.51. The van der Waals surface area contributed by atoms with E-state index in [0.717, 1.165) is 43.6 Å². The molecule has 0 aliphatic carbocycles. The minimum atomic E-state index is -0.584. The first-order valence-electron chi connectivity index (χ1n) is 7.50. The van der Waals surface area contributed by atoms with Gasteiger partial charge in [-0.2, -0.15) is 4.09 Å². The number of likely N-dealkylation sites (N-methyl/N-ethyl adjacent to an activating group) is 1. The van der Waals surface area contributed by atoms with Crippen LogP contribution in [0, 0.1) is 11.6 Å². The zero-order valence-electron chi connectivity index (χ0n) is 12.9. The Bertz CT molecular complexity index is 662. The van der Waals surface area contributed by atoms with Crippen LogP contribution in [0.15, 0.2) is 18.2 Å². The van der Waals surface area contributed by atoms with Gasteiger partial charge in [-0.25, -0.2) is 8.78 Å². The molecule has 8 heteroatoms. The molecule has 3 rings (SSSR count). The van der Waals surface area contributed by atoms with Gasteiger partial charge in [-0.15, -0.1) is 5.10 Å². The Balaban J connectivity index is 1.76. The lowest BCUT2D eigenvalue weighted by Gasteiger charge is -2.31. The number of hydrogen-bond acceptors (Lipinski definition) is 5. The highest BCUT2D eigenvalue weighted by atomic mass is 32.1. The molecule has 5 nitrogen and oxygen atoms in total. The third kappa shape index (κ3) is 4.07. The molecule has 1 aliphatic rings. The second-order valence-corrected chi connectivity index (χ2v) is 6.29. The van der Waals surface area contributed by atoms with Crippen molar-refractivity contribution >= 4 is 12.8 Å². The Labute approximate surface area is 139 Å². The molecule has 1 aromatic heterocycles. The third-order valence-electron chi connectivity index (χ3n) is 4.09. The van der Waals surface area contributed by atoms with Crippen LogP contribution < -0.4 is 0 Å². The van der Waals surface area contributed by atoms with Crippen molar-refractivity contribution in [3.05, 3.63) is 46.8 Å². The van der Waals surface area contributed by atoms with Crippen molar-refractivity contribution < 1.29 is 8.78 Å². The number of thiol groups is 1. The number of benzene rings is 1. The fraction of sp³-hybridized carbons (Fsp3) is 0.467. The van der Waals surface area contributed by atoms with Crippen LogP contribution in [0.25, 0.3) is 0 Å². The molecule has 0 unspecified atom stereocenters. The molecule has 1 aromatic carbocycles. The Morgan fingerprint density at radius 3 is 2.39 bits per heavy atom. The van der Waals surface area contributed by atoms with Gasteiger partial charge in [0.15, 0.2) is 0 Å². The largest absolute Gasteiger partial charge is 0.304 e. The minimum absolute atomic E-state index is 0.342. The molecule has 0 radical (unpaired) electrons. The molecule has 0 spiro atoms. The van der Waals surface area contributed by atoms with Crippen molar-refractivity contribution in [3.63, 3.8) is 0 Å². The summed E-state index contributed by atoms with van der Waals surface area (Å²) in [6.45, 7) is 4.62. The van der Waals surface area contributed by atoms with Crippen LogP contribution in [0.3, 0.4) is 0 Å². The zero-order valence-corrected chi connectivity index (χ0v) is 13.8. The molecule has 124 valence electrons. The Morgan fingerprint density at radius 1 is 1.09 bits per heavy atom. The van der Waals surface area contributed by atoms with Gasteiger partial charge in [-0.3, -0.25) is 4.90 Å². The molecule has 0 bridgehead atoms. The summed E-state index contributed by atoms with van der Waals surface area (Å²) in [5, 5.41) is 8.11. The number of aromatic nitrogens is 3. The van der Waals surface area contributed by atoms with Crippen molar-refractivity contribution in [2.45, 2.75) is 13.0 Å². The maximum absolute atomic E-state index is 13.4. The summed E-state index contributed by atoms with van der Waals surface area (Å²) in [6.07, 6.45) is 0.342. The highest BCUT2D eigenvalue weighted by molar-refractivity contribution is 7.78. The van der Waals surface area contributed by atoms with Crippen LogP contribution in [-0.2, 0) is 13.0 Å². The summed E-state index contributed by atoms with van der Waals surface area (Å²) in [4.78, 5) is 4.58. The van der Waals surface area contributed by atoms with Gasteiger partial charge in [0.2, 0.25) is 0 Å². The average molecular weight is 339 g/mol. The lowest BCUT2D eigenvalue weighted by molar-refractivity contribution is 0.146. The van der Waals surface area contributed by atoms with E-state index in [9.17, 15) is 8.78 Å². The molecule has 1 fully saturated rings. The van der Waals surface area contributed by atoms with Crippen molar-refractivity contribution in [3.8, 4) is 0 Å². The van der Waals surface area contributed by atoms with E-state index in [1.54, 1.807) is 0 Å². The molecule has 2 heterocycles. The second-order valence-electron chi connectivity index (χ2n) is 5.91. The number of piperazine rings is 1. The molecule has 1 saturated heterocycles. The van der Waals surface area contributed by atoms with E-state index < -0.39 is 11.6 Å². The van der Waals surface area contributed by atoms with Gasteiger partial charge in [-0.05, 0) is 37.6 Å².